The van der Waals surface area contributed by atoms with Crippen molar-refractivity contribution in [2.24, 2.45) is 5.92 Å². The second-order valence-electron chi connectivity index (χ2n) is 5.95. The maximum atomic E-state index is 5.92. The molecule has 106 valence electrons. The van der Waals surface area contributed by atoms with E-state index in [-0.39, 0.29) is 0 Å². The van der Waals surface area contributed by atoms with Crippen molar-refractivity contribution >= 4 is 0 Å². The molecule has 2 fully saturated rings. The number of aromatic nitrogens is 2. The Kier molecular flexibility index (Phi) is 4.38. The molecule has 1 N–H and O–H groups in total. The van der Waals surface area contributed by atoms with E-state index in [9.17, 15) is 0 Å². The van der Waals surface area contributed by atoms with Gasteiger partial charge >= 0.3 is 0 Å². The van der Waals surface area contributed by atoms with E-state index >= 15 is 0 Å². The quantitative estimate of drug-likeness (QED) is 0.908. The Bertz CT molecular complexity index is 378. The van der Waals surface area contributed by atoms with Crippen molar-refractivity contribution in [1.29, 1.82) is 0 Å². The first-order valence-corrected chi connectivity index (χ1v) is 7.79. The van der Waals surface area contributed by atoms with Crippen molar-refractivity contribution in [1.82, 2.24) is 15.1 Å². The lowest BCUT2D eigenvalue weighted by molar-refractivity contribution is 0.208. The van der Waals surface area contributed by atoms with Gasteiger partial charge in [-0.15, -0.1) is 0 Å². The summed E-state index contributed by atoms with van der Waals surface area (Å²) in [6.07, 6.45) is 13.1. The van der Waals surface area contributed by atoms with Gasteiger partial charge in [0.05, 0.1) is 25.0 Å². The highest BCUT2D eigenvalue weighted by molar-refractivity contribution is 5.12. The van der Waals surface area contributed by atoms with E-state index in [1.807, 2.05) is 6.20 Å². The van der Waals surface area contributed by atoms with Crippen molar-refractivity contribution in [3.05, 3.63) is 12.4 Å². The normalized spacial score (nSPS) is 22.5. The van der Waals surface area contributed by atoms with Crippen LogP contribution in [0.15, 0.2) is 12.4 Å². The van der Waals surface area contributed by atoms with E-state index in [4.69, 9.17) is 4.74 Å². The molecule has 19 heavy (non-hydrogen) atoms. The smallest absolute Gasteiger partial charge is 0.157 e. The highest BCUT2D eigenvalue weighted by Crippen LogP contribution is 2.25. The second-order valence-corrected chi connectivity index (χ2v) is 5.95. The highest BCUT2D eigenvalue weighted by Gasteiger charge is 2.17. The number of rotatable bonds is 4. The Morgan fingerprint density at radius 3 is 2.74 bits per heavy atom. The van der Waals surface area contributed by atoms with Gasteiger partial charge < -0.3 is 10.1 Å². The van der Waals surface area contributed by atoms with Crippen LogP contribution in [0.5, 0.6) is 5.75 Å². The van der Waals surface area contributed by atoms with Gasteiger partial charge in [0.15, 0.2) is 5.75 Å². The zero-order valence-electron chi connectivity index (χ0n) is 11.7. The van der Waals surface area contributed by atoms with E-state index < -0.39 is 0 Å². The number of ether oxygens (including phenoxy) is 1. The highest BCUT2D eigenvalue weighted by atomic mass is 16.5. The third-order valence-corrected chi connectivity index (χ3v) is 4.47. The molecule has 0 bridgehead atoms. The van der Waals surface area contributed by atoms with Crippen LogP contribution in [0.1, 0.15) is 51.0 Å². The van der Waals surface area contributed by atoms with Crippen LogP contribution < -0.4 is 10.1 Å². The summed E-state index contributed by atoms with van der Waals surface area (Å²) in [6.45, 7) is 3.07. The molecule has 2 heterocycles. The molecule has 4 heteroatoms. The first kappa shape index (κ1) is 13.0. The SMILES string of the molecule is c1nn(C2CCNCC2)cc1OCC1CCCCC1. The third kappa shape index (κ3) is 3.50. The fraction of sp³-hybridized carbons (Fsp3) is 0.800. The maximum Gasteiger partial charge on any atom is 0.157 e. The lowest BCUT2D eigenvalue weighted by atomic mass is 9.90. The predicted octanol–water partition coefficient (Wildman–Crippen LogP) is 2.77. The van der Waals surface area contributed by atoms with Crippen LogP contribution in [0, 0.1) is 5.92 Å². The Morgan fingerprint density at radius 1 is 1.16 bits per heavy atom. The zero-order chi connectivity index (χ0) is 12.9. The first-order valence-electron chi connectivity index (χ1n) is 7.79. The second kappa shape index (κ2) is 6.42. The first-order chi connectivity index (χ1) is 9.42. The summed E-state index contributed by atoms with van der Waals surface area (Å²) < 4.78 is 8.01. The van der Waals surface area contributed by atoms with E-state index in [2.05, 4.69) is 21.3 Å². The number of piperidine rings is 1. The van der Waals surface area contributed by atoms with Crippen molar-refractivity contribution in [3.63, 3.8) is 0 Å². The molecule has 1 aliphatic heterocycles. The molecule has 0 aromatic carbocycles. The van der Waals surface area contributed by atoms with E-state index in [0.717, 1.165) is 31.4 Å². The minimum absolute atomic E-state index is 0.549. The fourth-order valence-electron chi connectivity index (χ4n) is 3.23. The van der Waals surface area contributed by atoms with E-state index in [1.165, 1.54) is 44.9 Å². The average molecular weight is 263 g/mol. The molecule has 0 amide bonds. The minimum atomic E-state index is 0.549. The molecule has 4 nitrogen and oxygen atoms in total. The number of nitrogens with one attached hydrogen (secondary N) is 1. The number of nitrogens with zero attached hydrogens (tertiary/aromatic N) is 2. The minimum Gasteiger partial charge on any atom is -0.490 e. The predicted molar refractivity (Wildman–Crippen MR) is 75.4 cm³/mol. The van der Waals surface area contributed by atoms with Crippen molar-refractivity contribution in [2.75, 3.05) is 19.7 Å². The Hall–Kier alpha value is -1.03. The van der Waals surface area contributed by atoms with Crippen LogP contribution in [-0.2, 0) is 0 Å². The number of hydrogen-bond acceptors (Lipinski definition) is 3. The largest absolute Gasteiger partial charge is 0.490 e. The molecule has 1 aromatic rings. The van der Waals surface area contributed by atoms with Crippen LogP contribution in [0.4, 0.5) is 0 Å². The van der Waals surface area contributed by atoms with E-state index in [1.54, 1.807) is 0 Å². The van der Waals surface area contributed by atoms with Gasteiger partial charge in [0.25, 0.3) is 0 Å². The molecule has 0 atom stereocenters. The summed E-state index contributed by atoms with van der Waals surface area (Å²) in [5, 5.41) is 7.85. The molecule has 0 radical (unpaired) electrons. The van der Waals surface area contributed by atoms with Crippen LogP contribution >= 0.6 is 0 Å². The maximum absolute atomic E-state index is 5.92. The molecule has 0 spiro atoms. The van der Waals surface area contributed by atoms with Gasteiger partial charge in [-0.3, -0.25) is 4.68 Å². The molecule has 2 aliphatic rings. The van der Waals surface area contributed by atoms with Gasteiger partial charge in [0, 0.05) is 0 Å². The zero-order valence-corrected chi connectivity index (χ0v) is 11.7. The molecular formula is C15H25N3O. The van der Waals surface area contributed by atoms with Crippen molar-refractivity contribution < 1.29 is 4.74 Å². The Labute approximate surface area is 115 Å². The van der Waals surface area contributed by atoms with Crippen molar-refractivity contribution in [3.8, 4) is 5.75 Å². The van der Waals surface area contributed by atoms with Crippen molar-refractivity contribution in [2.45, 2.75) is 51.0 Å². The molecular weight excluding hydrogens is 238 g/mol. The average Bonchev–Trinajstić information content (AvgIpc) is 2.96. The van der Waals surface area contributed by atoms with Gasteiger partial charge in [0.2, 0.25) is 0 Å². The van der Waals surface area contributed by atoms with Crippen LogP contribution in [0.2, 0.25) is 0 Å². The summed E-state index contributed by atoms with van der Waals surface area (Å²) >= 11 is 0. The van der Waals surface area contributed by atoms with Crippen LogP contribution in [0.25, 0.3) is 0 Å². The molecule has 3 rings (SSSR count). The van der Waals surface area contributed by atoms with Crippen LogP contribution in [0.3, 0.4) is 0 Å². The summed E-state index contributed by atoms with van der Waals surface area (Å²) in [5.41, 5.74) is 0. The van der Waals surface area contributed by atoms with Gasteiger partial charge in [-0.2, -0.15) is 5.10 Å². The fourth-order valence-corrected chi connectivity index (χ4v) is 3.23. The summed E-state index contributed by atoms with van der Waals surface area (Å²) in [5.74, 6) is 1.71. The topological polar surface area (TPSA) is 39.1 Å². The molecule has 1 saturated heterocycles. The standard InChI is InChI=1S/C15H25N3O/c1-2-4-13(5-3-1)12-19-15-10-17-18(11-15)14-6-8-16-9-7-14/h10-11,13-14,16H,1-9,12H2. The third-order valence-electron chi connectivity index (χ3n) is 4.47. The summed E-state index contributed by atoms with van der Waals surface area (Å²) in [6, 6.07) is 0.549. The van der Waals surface area contributed by atoms with Crippen LogP contribution in [-0.4, -0.2) is 29.5 Å². The molecule has 0 unspecified atom stereocenters. The molecule has 1 aromatic heterocycles. The number of hydrogen-bond donors (Lipinski definition) is 1. The van der Waals surface area contributed by atoms with Gasteiger partial charge in [-0.25, -0.2) is 0 Å². The van der Waals surface area contributed by atoms with Gasteiger partial charge in [-0.1, -0.05) is 19.3 Å². The van der Waals surface area contributed by atoms with Gasteiger partial charge in [0.1, 0.15) is 0 Å². The summed E-state index contributed by atoms with van der Waals surface area (Å²) in [7, 11) is 0. The molecule has 1 saturated carbocycles. The Morgan fingerprint density at radius 2 is 1.95 bits per heavy atom. The van der Waals surface area contributed by atoms with Gasteiger partial charge in [-0.05, 0) is 44.7 Å². The lowest BCUT2D eigenvalue weighted by Gasteiger charge is -2.23. The monoisotopic (exact) mass is 263 g/mol. The van der Waals surface area contributed by atoms with E-state index in [0.29, 0.717) is 6.04 Å². The molecule has 1 aliphatic carbocycles. The Balaban J connectivity index is 1.49. The lowest BCUT2D eigenvalue weighted by Crippen LogP contribution is -2.29. The summed E-state index contributed by atoms with van der Waals surface area (Å²) in [4.78, 5) is 0.